The van der Waals surface area contributed by atoms with Crippen molar-refractivity contribution in [2.24, 2.45) is 0 Å². The van der Waals surface area contributed by atoms with Gasteiger partial charge >= 0.3 is 5.97 Å². The molecular weight excluding hydrogens is 351 g/mol. The number of hydrogen-bond donors (Lipinski definition) is 0. The molecule has 7 heteroatoms. The zero-order valence-electron chi connectivity index (χ0n) is 13.0. The Hall–Kier alpha value is -2.11. The van der Waals surface area contributed by atoms with Crippen molar-refractivity contribution in [3.05, 3.63) is 63.9 Å². The van der Waals surface area contributed by atoms with E-state index < -0.39 is 0 Å². The lowest BCUT2D eigenvalue weighted by atomic mass is 10.1. The number of methoxy groups -OCH3 is 1. The molecule has 1 aromatic carbocycles. The third kappa shape index (κ3) is 4.94. The van der Waals surface area contributed by atoms with Crippen LogP contribution in [0.2, 0.25) is 10.2 Å². The number of carbonyl (C=O) groups is 2. The molecule has 2 rings (SSSR count). The number of aromatic nitrogens is 1. The Morgan fingerprint density at radius 1 is 1.21 bits per heavy atom. The minimum Gasteiger partial charge on any atom is -0.469 e. The number of nitrogens with zero attached hydrogens (tertiary/aromatic N) is 2. The molecule has 0 atom stereocenters. The zero-order chi connectivity index (χ0) is 17.5. The Labute approximate surface area is 150 Å². The Kier molecular flexibility index (Phi) is 6.58. The quantitative estimate of drug-likeness (QED) is 0.578. The third-order valence-electron chi connectivity index (χ3n) is 3.36. The van der Waals surface area contributed by atoms with Crippen molar-refractivity contribution in [1.82, 2.24) is 9.88 Å². The molecule has 0 fully saturated rings. The second-order valence-corrected chi connectivity index (χ2v) is 5.80. The van der Waals surface area contributed by atoms with Gasteiger partial charge in [-0.2, -0.15) is 0 Å². The van der Waals surface area contributed by atoms with Crippen molar-refractivity contribution < 1.29 is 14.3 Å². The van der Waals surface area contributed by atoms with Crippen LogP contribution in [0.25, 0.3) is 0 Å². The summed E-state index contributed by atoms with van der Waals surface area (Å²) in [7, 11) is 1.31. The van der Waals surface area contributed by atoms with Crippen LogP contribution in [0, 0.1) is 0 Å². The highest BCUT2D eigenvalue weighted by Crippen LogP contribution is 2.21. The van der Waals surface area contributed by atoms with Gasteiger partial charge in [-0.3, -0.25) is 9.59 Å². The fourth-order valence-corrected chi connectivity index (χ4v) is 2.37. The van der Waals surface area contributed by atoms with E-state index in [4.69, 9.17) is 23.2 Å². The second kappa shape index (κ2) is 8.66. The number of amides is 1. The van der Waals surface area contributed by atoms with Crippen molar-refractivity contribution in [3.63, 3.8) is 0 Å². The molecule has 0 unspecified atom stereocenters. The number of pyridine rings is 1. The van der Waals surface area contributed by atoms with Gasteiger partial charge in [0.05, 0.1) is 24.1 Å². The molecule has 0 aliphatic rings. The summed E-state index contributed by atoms with van der Waals surface area (Å²) in [4.78, 5) is 29.6. The molecule has 0 spiro atoms. The Balaban J connectivity index is 2.20. The standard InChI is InChI=1S/C17H16Cl2N2O3/c1-24-15(22)7-8-21(11-12-5-3-2-4-6-12)17(23)13-9-14(18)16(19)20-10-13/h2-6,9-10H,7-8,11H2,1H3. The minimum absolute atomic E-state index is 0.101. The maximum Gasteiger partial charge on any atom is 0.307 e. The van der Waals surface area contributed by atoms with Gasteiger partial charge in [-0.25, -0.2) is 4.98 Å². The molecule has 0 saturated carbocycles. The van der Waals surface area contributed by atoms with Gasteiger partial charge in [-0.1, -0.05) is 53.5 Å². The summed E-state index contributed by atoms with van der Waals surface area (Å²) >= 11 is 11.7. The topological polar surface area (TPSA) is 59.5 Å². The fraction of sp³-hybridized carbons (Fsp3) is 0.235. The molecule has 126 valence electrons. The third-order valence-corrected chi connectivity index (χ3v) is 4.05. The van der Waals surface area contributed by atoms with Gasteiger partial charge in [0.2, 0.25) is 0 Å². The molecule has 0 saturated heterocycles. The molecule has 1 amide bonds. The van der Waals surface area contributed by atoms with Crippen LogP contribution in [0.3, 0.4) is 0 Å². The second-order valence-electron chi connectivity index (χ2n) is 5.04. The van der Waals surface area contributed by atoms with Crippen LogP contribution >= 0.6 is 23.2 Å². The first kappa shape index (κ1) is 18.2. The summed E-state index contributed by atoms with van der Waals surface area (Å²) in [6, 6.07) is 11.0. The first-order valence-corrected chi connectivity index (χ1v) is 7.98. The van der Waals surface area contributed by atoms with E-state index in [1.54, 1.807) is 4.90 Å². The molecule has 24 heavy (non-hydrogen) atoms. The number of ether oxygens (including phenoxy) is 1. The van der Waals surface area contributed by atoms with E-state index in [1.807, 2.05) is 30.3 Å². The van der Waals surface area contributed by atoms with Crippen LogP contribution < -0.4 is 0 Å². The zero-order valence-corrected chi connectivity index (χ0v) is 14.5. The van der Waals surface area contributed by atoms with Crippen molar-refractivity contribution in [2.75, 3.05) is 13.7 Å². The number of esters is 1. The van der Waals surface area contributed by atoms with Crippen LogP contribution in [0.15, 0.2) is 42.6 Å². The molecule has 2 aromatic rings. The van der Waals surface area contributed by atoms with E-state index in [2.05, 4.69) is 9.72 Å². The van der Waals surface area contributed by atoms with Crippen molar-refractivity contribution in [2.45, 2.75) is 13.0 Å². The summed E-state index contributed by atoms with van der Waals surface area (Å²) in [6.45, 7) is 0.581. The summed E-state index contributed by atoms with van der Waals surface area (Å²) in [5, 5.41) is 0.340. The Morgan fingerprint density at radius 3 is 2.54 bits per heavy atom. The van der Waals surface area contributed by atoms with Crippen LogP contribution in [0.5, 0.6) is 0 Å². The van der Waals surface area contributed by atoms with Gasteiger partial charge in [-0.15, -0.1) is 0 Å². The number of halogens is 2. The van der Waals surface area contributed by atoms with Gasteiger partial charge in [-0.05, 0) is 11.6 Å². The smallest absolute Gasteiger partial charge is 0.307 e. The van der Waals surface area contributed by atoms with Gasteiger partial charge in [0.25, 0.3) is 5.91 Å². The van der Waals surface area contributed by atoms with Gasteiger partial charge in [0.1, 0.15) is 5.15 Å². The molecule has 0 aliphatic heterocycles. The lowest BCUT2D eigenvalue weighted by molar-refractivity contribution is -0.140. The number of benzene rings is 1. The molecular formula is C17H16Cl2N2O3. The van der Waals surface area contributed by atoms with Gasteiger partial charge < -0.3 is 9.64 Å². The highest BCUT2D eigenvalue weighted by Gasteiger charge is 2.19. The Morgan fingerprint density at radius 2 is 1.92 bits per heavy atom. The average molecular weight is 367 g/mol. The number of rotatable bonds is 6. The molecule has 1 aromatic heterocycles. The summed E-state index contributed by atoms with van der Waals surface area (Å²) in [5.74, 6) is -0.665. The monoisotopic (exact) mass is 366 g/mol. The highest BCUT2D eigenvalue weighted by molar-refractivity contribution is 6.41. The molecule has 0 aliphatic carbocycles. The normalized spacial score (nSPS) is 10.3. The van der Waals surface area contributed by atoms with Crippen molar-refractivity contribution in [3.8, 4) is 0 Å². The van der Waals surface area contributed by atoms with Gasteiger partial charge in [0.15, 0.2) is 0 Å². The lowest BCUT2D eigenvalue weighted by Gasteiger charge is -2.22. The number of hydrogen-bond acceptors (Lipinski definition) is 4. The summed E-state index contributed by atoms with van der Waals surface area (Å²) in [5.41, 5.74) is 1.26. The van der Waals surface area contributed by atoms with Gasteiger partial charge in [0, 0.05) is 19.3 Å². The van der Waals surface area contributed by atoms with Crippen LogP contribution in [0.1, 0.15) is 22.3 Å². The average Bonchev–Trinajstić information content (AvgIpc) is 2.60. The molecule has 1 heterocycles. The SMILES string of the molecule is COC(=O)CCN(Cc1ccccc1)C(=O)c1cnc(Cl)c(Cl)c1. The predicted molar refractivity (Wildman–Crippen MR) is 92.1 cm³/mol. The lowest BCUT2D eigenvalue weighted by Crippen LogP contribution is -2.33. The van der Waals surface area contributed by atoms with Crippen molar-refractivity contribution >= 4 is 35.1 Å². The Bertz CT molecular complexity index is 723. The summed E-state index contributed by atoms with van der Waals surface area (Å²) in [6.07, 6.45) is 1.47. The van der Waals surface area contributed by atoms with E-state index in [-0.39, 0.29) is 35.0 Å². The van der Waals surface area contributed by atoms with E-state index in [0.717, 1.165) is 5.56 Å². The van der Waals surface area contributed by atoms with E-state index >= 15 is 0 Å². The minimum atomic E-state index is -0.381. The molecule has 5 nitrogen and oxygen atoms in total. The van der Waals surface area contributed by atoms with E-state index in [0.29, 0.717) is 12.1 Å². The highest BCUT2D eigenvalue weighted by atomic mass is 35.5. The van der Waals surface area contributed by atoms with E-state index in [1.165, 1.54) is 19.4 Å². The van der Waals surface area contributed by atoms with Crippen LogP contribution in [0.4, 0.5) is 0 Å². The largest absolute Gasteiger partial charge is 0.469 e. The maximum absolute atomic E-state index is 12.7. The molecule has 0 N–H and O–H groups in total. The first-order valence-electron chi connectivity index (χ1n) is 7.22. The molecule has 0 bridgehead atoms. The fourth-order valence-electron chi connectivity index (χ4n) is 2.11. The number of carbonyl (C=O) groups excluding carboxylic acids is 2. The van der Waals surface area contributed by atoms with E-state index in [9.17, 15) is 9.59 Å². The van der Waals surface area contributed by atoms with Crippen molar-refractivity contribution in [1.29, 1.82) is 0 Å². The predicted octanol–water partition coefficient (Wildman–Crippen LogP) is 3.59. The van der Waals surface area contributed by atoms with Crippen LogP contribution in [-0.2, 0) is 16.1 Å². The maximum atomic E-state index is 12.7. The summed E-state index contributed by atoms with van der Waals surface area (Å²) < 4.78 is 4.64. The first-order chi connectivity index (χ1) is 11.5. The molecule has 0 radical (unpaired) electrons. The van der Waals surface area contributed by atoms with Crippen LogP contribution in [-0.4, -0.2) is 35.4 Å².